The van der Waals surface area contributed by atoms with E-state index in [0.29, 0.717) is 24.3 Å². The molecule has 2 saturated heterocycles. The van der Waals surface area contributed by atoms with Crippen molar-refractivity contribution >= 4 is 11.9 Å². The summed E-state index contributed by atoms with van der Waals surface area (Å²) in [5.74, 6) is 0.759. The van der Waals surface area contributed by atoms with Gasteiger partial charge >= 0.3 is 12.3 Å². The summed E-state index contributed by atoms with van der Waals surface area (Å²) >= 11 is 0. The Morgan fingerprint density at radius 2 is 1.94 bits per heavy atom. The van der Waals surface area contributed by atoms with Crippen molar-refractivity contribution in [3.05, 3.63) is 58.3 Å². The molecule has 4 rings (SSSR count). The molecule has 33 heavy (non-hydrogen) atoms. The Labute approximate surface area is 191 Å². The predicted molar refractivity (Wildman–Crippen MR) is 117 cm³/mol. The van der Waals surface area contributed by atoms with Crippen LogP contribution in [0.3, 0.4) is 0 Å². The van der Waals surface area contributed by atoms with Gasteiger partial charge in [-0.2, -0.15) is 13.2 Å². The molecule has 1 unspecified atom stereocenters. The van der Waals surface area contributed by atoms with Crippen LogP contribution in [0.5, 0.6) is 0 Å². The van der Waals surface area contributed by atoms with E-state index in [-0.39, 0.29) is 12.6 Å². The van der Waals surface area contributed by atoms with Crippen LogP contribution in [0.2, 0.25) is 0 Å². The minimum atomic E-state index is -4.47. The van der Waals surface area contributed by atoms with E-state index >= 15 is 0 Å². The number of pyridine rings is 1. The third kappa shape index (κ3) is 4.78. The number of halogens is 3. The molecule has 9 heteroatoms. The standard InChI is InChI=1S/C24H28F3N3O3/c1-14-7-17(10-19(9-14)24(25,26)27)21-16(3)30(23(31)33-21)12-18-8-15(2)11-28-22(18)29(4)20-5-6-32-13-20/h7-11,16,20-21H,5-6,12-13H2,1-4H3/t16-,20?,21-/m0/s1. The Morgan fingerprint density at radius 1 is 1.18 bits per heavy atom. The molecule has 3 atom stereocenters. The monoisotopic (exact) mass is 463 g/mol. The Bertz CT molecular complexity index is 1040. The molecule has 3 heterocycles. The van der Waals surface area contributed by atoms with Crippen LogP contribution in [-0.2, 0) is 22.2 Å². The summed E-state index contributed by atoms with van der Waals surface area (Å²) in [6.45, 7) is 6.89. The summed E-state index contributed by atoms with van der Waals surface area (Å²) in [5, 5.41) is 0. The van der Waals surface area contributed by atoms with Crippen LogP contribution in [0.15, 0.2) is 30.5 Å². The van der Waals surface area contributed by atoms with Gasteiger partial charge in [-0.15, -0.1) is 0 Å². The molecular formula is C24H28F3N3O3. The van der Waals surface area contributed by atoms with Crippen LogP contribution >= 0.6 is 0 Å². The van der Waals surface area contributed by atoms with Crippen LogP contribution in [0.25, 0.3) is 0 Å². The predicted octanol–water partition coefficient (Wildman–Crippen LogP) is 5.02. The number of ether oxygens (including phenoxy) is 2. The van der Waals surface area contributed by atoms with E-state index in [1.165, 1.54) is 0 Å². The quantitative estimate of drug-likeness (QED) is 0.623. The van der Waals surface area contributed by atoms with Gasteiger partial charge in [0.2, 0.25) is 0 Å². The smallest absolute Gasteiger partial charge is 0.416 e. The van der Waals surface area contributed by atoms with Crippen LogP contribution in [0.4, 0.5) is 23.8 Å². The molecule has 0 spiro atoms. The van der Waals surface area contributed by atoms with Gasteiger partial charge in [0.05, 0.1) is 30.8 Å². The number of rotatable bonds is 5. The van der Waals surface area contributed by atoms with Gasteiger partial charge < -0.3 is 14.4 Å². The van der Waals surface area contributed by atoms with Crippen molar-refractivity contribution in [2.75, 3.05) is 25.2 Å². The second-order valence-corrected chi connectivity index (χ2v) is 8.93. The van der Waals surface area contributed by atoms with Gasteiger partial charge in [-0.3, -0.25) is 4.90 Å². The van der Waals surface area contributed by atoms with E-state index in [1.807, 2.05) is 20.0 Å². The fraction of sp³-hybridized carbons (Fsp3) is 0.500. The van der Waals surface area contributed by atoms with E-state index in [1.54, 1.807) is 31.0 Å². The molecule has 1 aromatic carbocycles. The maximum atomic E-state index is 13.3. The first-order chi connectivity index (χ1) is 15.5. The molecule has 2 fully saturated rings. The number of carbonyl (C=O) groups is 1. The molecule has 1 aromatic heterocycles. The molecule has 6 nitrogen and oxygen atoms in total. The largest absolute Gasteiger partial charge is 0.439 e. The van der Waals surface area contributed by atoms with Crippen LogP contribution in [-0.4, -0.2) is 48.3 Å². The number of amides is 1. The lowest BCUT2D eigenvalue weighted by Crippen LogP contribution is -2.35. The zero-order chi connectivity index (χ0) is 23.9. The Balaban J connectivity index is 1.60. The van der Waals surface area contributed by atoms with Gasteiger partial charge in [0, 0.05) is 25.4 Å². The summed E-state index contributed by atoms with van der Waals surface area (Å²) in [5.41, 5.74) is 1.87. The SMILES string of the molecule is Cc1cc([C@H]2OC(=O)N(Cc3cc(C)cnc3N(C)C3CCOC3)[C@H]2C)cc(C(F)(F)F)c1. The molecule has 0 radical (unpaired) electrons. The highest BCUT2D eigenvalue weighted by molar-refractivity contribution is 5.71. The highest BCUT2D eigenvalue weighted by atomic mass is 19.4. The molecule has 0 aliphatic carbocycles. The summed E-state index contributed by atoms with van der Waals surface area (Å²) in [4.78, 5) is 21.0. The first-order valence-corrected chi connectivity index (χ1v) is 11.0. The molecule has 2 aromatic rings. The number of aromatic nitrogens is 1. The maximum Gasteiger partial charge on any atom is 0.416 e. The molecule has 0 bridgehead atoms. The van der Waals surface area contributed by atoms with Gasteiger partial charge in [0.1, 0.15) is 11.9 Å². The normalized spacial score (nSPS) is 23.2. The Morgan fingerprint density at radius 3 is 2.61 bits per heavy atom. The van der Waals surface area contributed by atoms with Crippen molar-refractivity contribution < 1.29 is 27.4 Å². The lowest BCUT2D eigenvalue weighted by atomic mass is 9.98. The van der Waals surface area contributed by atoms with Crippen molar-refractivity contribution in [1.29, 1.82) is 0 Å². The van der Waals surface area contributed by atoms with Gasteiger partial charge in [-0.25, -0.2) is 9.78 Å². The van der Waals surface area contributed by atoms with Crippen molar-refractivity contribution in [1.82, 2.24) is 9.88 Å². The third-order valence-corrected chi connectivity index (χ3v) is 6.36. The highest BCUT2D eigenvalue weighted by Gasteiger charge is 2.41. The minimum absolute atomic E-state index is 0.197. The van der Waals surface area contributed by atoms with Crippen LogP contribution < -0.4 is 4.90 Å². The topological polar surface area (TPSA) is 54.9 Å². The van der Waals surface area contributed by atoms with E-state index in [2.05, 4.69) is 9.88 Å². The molecule has 2 aliphatic heterocycles. The van der Waals surface area contributed by atoms with Crippen molar-refractivity contribution in [2.45, 2.75) is 58.1 Å². The average Bonchev–Trinajstić information content (AvgIpc) is 3.37. The van der Waals surface area contributed by atoms with E-state index < -0.39 is 30.0 Å². The van der Waals surface area contributed by atoms with E-state index in [0.717, 1.165) is 35.5 Å². The Hall–Kier alpha value is -2.81. The fourth-order valence-corrected chi connectivity index (χ4v) is 4.54. The lowest BCUT2D eigenvalue weighted by Gasteiger charge is -2.28. The number of cyclic esters (lactones) is 1. The molecule has 0 saturated carbocycles. The number of likely N-dealkylation sites (N-methyl/N-ethyl adjacent to an activating group) is 1. The second-order valence-electron chi connectivity index (χ2n) is 8.93. The average molecular weight is 464 g/mol. The van der Waals surface area contributed by atoms with Crippen LogP contribution in [0.1, 0.15) is 47.3 Å². The number of hydrogen-bond acceptors (Lipinski definition) is 5. The van der Waals surface area contributed by atoms with Gasteiger partial charge in [0.15, 0.2) is 0 Å². The van der Waals surface area contributed by atoms with Crippen molar-refractivity contribution in [2.24, 2.45) is 0 Å². The molecule has 2 aliphatic rings. The summed E-state index contributed by atoms with van der Waals surface area (Å²) in [6.07, 6.45) is -3.14. The number of nitrogens with zero attached hydrogens (tertiary/aromatic N) is 3. The maximum absolute atomic E-state index is 13.3. The van der Waals surface area contributed by atoms with E-state index in [4.69, 9.17) is 9.47 Å². The molecular weight excluding hydrogens is 435 g/mol. The zero-order valence-corrected chi connectivity index (χ0v) is 19.1. The van der Waals surface area contributed by atoms with Gasteiger partial charge in [-0.05, 0) is 56.5 Å². The minimum Gasteiger partial charge on any atom is -0.439 e. The number of benzene rings is 1. The van der Waals surface area contributed by atoms with Crippen LogP contribution in [0, 0.1) is 13.8 Å². The zero-order valence-electron chi connectivity index (χ0n) is 19.1. The number of carbonyl (C=O) groups excluding carboxylic acids is 1. The first-order valence-electron chi connectivity index (χ1n) is 11.0. The number of alkyl halides is 3. The number of aryl methyl sites for hydroxylation is 2. The molecule has 1 amide bonds. The summed E-state index contributed by atoms with van der Waals surface area (Å²) in [7, 11) is 1.96. The molecule has 0 N–H and O–H groups in total. The lowest BCUT2D eigenvalue weighted by molar-refractivity contribution is -0.137. The van der Waals surface area contributed by atoms with Crippen molar-refractivity contribution in [3.63, 3.8) is 0 Å². The van der Waals surface area contributed by atoms with Gasteiger partial charge in [0.25, 0.3) is 0 Å². The third-order valence-electron chi connectivity index (χ3n) is 6.36. The van der Waals surface area contributed by atoms with E-state index in [9.17, 15) is 18.0 Å². The van der Waals surface area contributed by atoms with Crippen molar-refractivity contribution in [3.8, 4) is 0 Å². The number of anilines is 1. The fourth-order valence-electron chi connectivity index (χ4n) is 4.54. The van der Waals surface area contributed by atoms with Gasteiger partial charge in [-0.1, -0.05) is 11.6 Å². The second kappa shape index (κ2) is 8.85. The Kier molecular flexibility index (Phi) is 6.26. The summed E-state index contributed by atoms with van der Waals surface area (Å²) < 4.78 is 51.0. The molecule has 178 valence electrons. The summed E-state index contributed by atoms with van der Waals surface area (Å²) in [6, 6.07) is 5.53. The number of hydrogen-bond donors (Lipinski definition) is 0. The highest BCUT2D eigenvalue weighted by Crippen LogP contribution is 2.38. The first kappa shape index (κ1) is 23.4.